The highest BCUT2D eigenvalue weighted by Gasteiger charge is 2.07. The molecule has 0 bridgehead atoms. The van der Waals surface area contributed by atoms with Gasteiger partial charge in [-0.2, -0.15) is 0 Å². The molecule has 0 N–H and O–H groups in total. The molecule has 94 valence electrons. The first kappa shape index (κ1) is 13.0. The van der Waals surface area contributed by atoms with E-state index in [1.54, 1.807) is 10.8 Å². The monoisotopic (exact) mass is 306 g/mol. The lowest BCUT2D eigenvalue weighted by Crippen LogP contribution is -2.24. The Kier molecular flexibility index (Phi) is 3.66. The molecule has 0 spiro atoms. The quantitative estimate of drug-likeness (QED) is 0.855. The van der Waals surface area contributed by atoms with Gasteiger partial charge in [-0.25, -0.2) is 4.98 Å². The van der Waals surface area contributed by atoms with Gasteiger partial charge < -0.3 is 0 Å². The summed E-state index contributed by atoms with van der Waals surface area (Å²) in [6.07, 6.45) is 1.55. The number of hydrogen-bond donors (Lipinski definition) is 0. The molecule has 0 aliphatic carbocycles. The normalized spacial score (nSPS) is 10.7. The van der Waals surface area contributed by atoms with E-state index in [-0.39, 0.29) is 5.56 Å². The largest absolute Gasteiger partial charge is 0.291 e. The maximum atomic E-state index is 12.1. The first-order valence-corrected chi connectivity index (χ1v) is 6.56. The number of nitrogens with zero attached hydrogens (tertiary/aromatic N) is 2. The fourth-order valence-electron chi connectivity index (χ4n) is 1.88. The highest BCUT2D eigenvalue weighted by Crippen LogP contribution is 2.12. The zero-order valence-electron chi connectivity index (χ0n) is 10.7. The smallest absolute Gasteiger partial charge is 0.268 e. The molecule has 0 aliphatic heterocycles. The predicted octanol–water partition coefficient (Wildman–Crippen LogP) is 2.98. The standard InChI is InChI=1S/C14H15BrN2O/c1-9-4-5-10(2)12(6-9)8-17-11(3)16-7-13(15)14(17)18/h4-7H,8H2,1-3H3. The van der Waals surface area contributed by atoms with Crippen LogP contribution in [-0.4, -0.2) is 9.55 Å². The van der Waals surface area contributed by atoms with Crippen LogP contribution < -0.4 is 5.56 Å². The fourth-order valence-corrected chi connectivity index (χ4v) is 2.19. The third kappa shape index (κ3) is 2.53. The summed E-state index contributed by atoms with van der Waals surface area (Å²) in [4.78, 5) is 16.3. The minimum absolute atomic E-state index is 0.0385. The van der Waals surface area contributed by atoms with Gasteiger partial charge in [-0.15, -0.1) is 0 Å². The minimum Gasteiger partial charge on any atom is -0.291 e. The van der Waals surface area contributed by atoms with Gasteiger partial charge in [0.05, 0.1) is 6.54 Å². The van der Waals surface area contributed by atoms with E-state index >= 15 is 0 Å². The van der Waals surface area contributed by atoms with Crippen molar-refractivity contribution in [2.24, 2.45) is 0 Å². The van der Waals surface area contributed by atoms with Crippen molar-refractivity contribution in [1.29, 1.82) is 0 Å². The average molecular weight is 307 g/mol. The van der Waals surface area contributed by atoms with Gasteiger partial charge in [-0.05, 0) is 47.8 Å². The van der Waals surface area contributed by atoms with E-state index in [9.17, 15) is 4.79 Å². The molecule has 0 amide bonds. The molecule has 0 saturated carbocycles. The Morgan fingerprint density at radius 3 is 2.72 bits per heavy atom. The first-order chi connectivity index (χ1) is 8.49. The Morgan fingerprint density at radius 1 is 1.28 bits per heavy atom. The van der Waals surface area contributed by atoms with Gasteiger partial charge in [-0.1, -0.05) is 23.8 Å². The lowest BCUT2D eigenvalue weighted by molar-refractivity contribution is 0.692. The summed E-state index contributed by atoms with van der Waals surface area (Å²) in [6.45, 7) is 6.52. The summed E-state index contributed by atoms with van der Waals surface area (Å²) in [7, 11) is 0. The molecule has 0 fully saturated rings. The number of hydrogen-bond acceptors (Lipinski definition) is 2. The van der Waals surface area contributed by atoms with Crippen molar-refractivity contribution in [3.05, 3.63) is 61.7 Å². The maximum Gasteiger partial charge on any atom is 0.268 e. The lowest BCUT2D eigenvalue weighted by atomic mass is 10.1. The van der Waals surface area contributed by atoms with Crippen LogP contribution in [0.3, 0.4) is 0 Å². The van der Waals surface area contributed by atoms with Gasteiger partial charge in [0.25, 0.3) is 5.56 Å². The molecular weight excluding hydrogens is 292 g/mol. The van der Waals surface area contributed by atoms with Gasteiger partial charge in [0.15, 0.2) is 0 Å². The van der Waals surface area contributed by atoms with Crippen LogP contribution in [0.25, 0.3) is 0 Å². The molecule has 1 aromatic heterocycles. The third-order valence-electron chi connectivity index (χ3n) is 3.04. The summed E-state index contributed by atoms with van der Waals surface area (Å²) in [5, 5.41) is 0. The summed E-state index contributed by atoms with van der Waals surface area (Å²) >= 11 is 3.23. The van der Waals surface area contributed by atoms with Gasteiger partial charge in [0.1, 0.15) is 10.3 Å². The van der Waals surface area contributed by atoms with E-state index in [4.69, 9.17) is 0 Å². The van der Waals surface area contributed by atoms with Crippen LogP contribution in [0.5, 0.6) is 0 Å². The Hall–Kier alpha value is -1.42. The number of rotatable bonds is 2. The molecular formula is C14H15BrN2O. The van der Waals surface area contributed by atoms with Gasteiger partial charge in [0.2, 0.25) is 0 Å². The second-order valence-corrected chi connectivity index (χ2v) is 5.33. The van der Waals surface area contributed by atoms with Crippen molar-refractivity contribution in [3.8, 4) is 0 Å². The van der Waals surface area contributed by atoms with Crippen LogP contribution in [0.15, 0.2) is 33.7 Å². The van der Waals surface area contributed by atoms with Crippen LogP contribution in [0, 0.1) is 20.8 Å². The molecule has 0 unspecified atom stereocenters. The Balaban J connectivity index is 2.49. The van der Waals surface area contributed by atoms with E-state index in [0.717, 1.165) is 11.4 Å². The van der Waals surface area contributed by atoms with Crippen LogP contribution in [0.2, 0.25) is 0 Å². The fraction of sp³-hybridized carbons (Fsp3) is 0.286. The second kappa shape index (κ2) is 5.06. The van der Waals surface area contributed by atoms with Gasteiger partial charge in [-0.3, -0.25) is 9.36 Å². The van der Waals surface area contributed by atoms with Crippen LogP contribution in [0.4, 0.5) is 0 Å². The zero-order valence-corrected chi connectivity index (χ0v) is 12.3. The summed E-state index contributed by atoms with van der Waals surface area (Å²) < 4.78 is 2.18. The number of aromatic nitrogens is 2. The van der Waals surface area contributed by atoms with E-state index in [1.165, 1.54) is 11.1 Å². The highest BCUT2D eigenvalue weighted by atomic mass is 79.9. The third-order valence-corrected chi connectivity index (χ3v) is 3.58. The minimum atomic E-state index is -0.0385. The predicted molar refractivity (Wildman–Crippen MR) is 76.0 cm³/mol. The van der Waals surface area contributed by atoms with Crippen molar-refractivity contribution in [3.63, 3.8) is 0 Å². The molecule has 2 aromatic rings. The summed E-state index contributed by atoms with van der Waals surface area (Å²) in [5.41, 5.74) is 3.50. The van der Waals surface area contributed by atoms with Crippen LogP contribution in [0.1, 0.15) is 22.5 Å². The molecule has 0 radical (unpaired) electrons. The average Bonchev–Trinajstić information content (AvgIpc) is 2.34. The Morgan fingerprint density at radius 2 is 2.00 bits per heavy atom. The van der Waals surface area contributed by atoms with Crippen molar-refractivity contribution < 1.29 is 0 Å². The van der Waals surface area contributed by atoms with Crippen LogP contribution >= 0.6 is 15.9 Å². The number of benzene rings is 1. The van der Waals surface area contributed by atoms with Crippen molar-refractivity contribution >= 4 is 15.9 Å². The maximum absolute atomic E-state index is 12.1. The summed E-state index contributed by atoms with van der Waals surface area (Å²) in [5.74, 6) is 0.726. The molecule has 1 heterocycles. The van der Waals surface area contributed by atoms with Crippen molar-refractivity contribution in [2.75, 3.05) is 0 Å². The van der Waals surface area contributed by atoms with Gasteiger partial charge in [0, 0.05) is 6.20 Å². The number of aryl methyl sites for hydroxylation is 3. The zero-order chi connectivity index (χ0) is 13.3. The lowest BCUT2D eigenvalue weighted by Gasteiger charge is -2.12. The van der Waals surface area contributed by atoms with E-state index in [0.29, 0.717) is 11.0 Å². The molecule has 3 nitrogen and oxygen atoms in total. The molecule has 0 atom stereocenters. The van der Waals surface area contributed by atoms with Crippen molar-refractivity contribution in [2.45, 2.75) is 27.3 Å². The van der Waals surface area contributed by atoms with Crippen molar-refractivity contribution in [1.82, 2.24) is 9.55 Å². The topological polar surface area (TPSA) is 34.9 Å². The highest BCUT2D eigenvalue weighted by molar-refractivity contribution is 9.10. The van der Waals surface area contributed by atoms with E-state index in [1.807, 2.05) is 6.92 Å². The molecule has 4 heteroatoms. The molecule has 2 rings (SSSR count). The van der Waals surface area contributed by atoms with Gasteiger partial charge >= 0.3 is 0 Å². The molecule has 0 saturated heterocycles. The summed E-state index contributed by atoms with van der Waals surface area (Å²) in [6, 6.07) is 6.27. The molecule has 1 aromatic carbocycles. The Labute approximate surface area is 115 Å². The number of halogens is 1. The SMILES string of the molecule is Cc1ccc(C)c(Cn2c(C)ncc(Br)c2=O)c1. The second-order valence-electron chi connectivity index (χ2n) is 4.47. The molecule has 18 heavy (non-hydrogen) atoms. The van der Waals surface area contributed by atoms with E-state index < -0.39 is 0 Å². The van der Waals surface area contributed by atoms with E-state index in [2.05, 4.69) is 53.0 Å². The Bertz CT molecular complexity index is 647. The molecule has 0 aliphatic rings. The van der Waals surface area contributed by atoms with Crippen LogP contribution in [-0.2, 0) is 6.54 Å². The first-order valence-electron chi connectivity index (χ1n) is 5.77.